The van der Waals surface area contributed by atoms with Crippen LogP contribution in [0.5, 0.6) is 0 Å². The van der Waals surface area contributed by atoms with Crippen molar-refractivity contribution in [1.82, 2.24) is 14.5 Å². The minimum atomic E-state index is -3.64. The molecule has 1 saturated heterocycles. The average Bonchev–Trinajstić information content (AvgIpc) is 3.26. The summed E-state index contributed by atoms with van der Waals surface area (Å²) in [6, 6.07) is 9.28. The topological polar surface area (TPSA) is 99.9 Å². The molecule has 1 aromatic heterocycles. The number of nitrogens with one attached hydrogen (secondary N) is 1. The predicted molar refractivity (Wildman–Crippen MR) is 102 cm³/mol. The Bertz CT molecular complexity index is 932. The van der Waals surface area contributed by atoms with Gasteiger partial charge in [-0.15, -0.1) is 0 Å². The summed E-state index contributed by atoms with van der Waals surface area (Å²) in [4.78, 5) is 28.4. The molecular weight excluding hydrogens is 382 g/mol. The Morgan fingerprint density at radius 1 is 1.04 bits per heavy atom. The molecule has 1 aliphatic heterocycles. The van der Waals surface area contributed by atoms with E-state index in [0.29, 0.717) is 44.7 Å². The number of piperazine rings is 1. The number of carbonyl (C=O) groups excluding carboxylic acids is 2. The monoisotopic (exact) mass is 405 g/mol. The zero-order valence-corrected chi connectivity index (χ0v) is 16.4. The van der Waals surface area contributed by atoms with Gasteiger partial charge in [0.15, 0.2) is 5.76 Å². The molecule has 0 atom stereocenters. The zero-order valence-electron chi connectivity index (χ0n) is 15.6. The standard InChI is InChI=1S/C19H23N3O5S/c1-2-8-20-28(25,26)16-6-3-5-15(14-16)18(23)21-9-11-22(12-10-21)19(24)17-7-4-13-27-17/h3-7,13-14,20H,2,8-12H2,1H3. The highest BCUT2D eigenvalue weighted by Gasteiger charge is 2.27. The molecule has 1 N–H and O–H groups in total. The van der Waals surface area contributed by atoms with Crippen molar-refractivity contribution in [3.8, 4) is 0 Å². The van der Waals surface area contributed by atoms with E-state index in [1.54, 1.807) is 34.1 Å². The van der Waals surface area contributed by atoms with Crippen molar-refractivity contribution in [2.24, 2.45) is 0 Å². The molecule has 2 amide bonds. The Morgan fingerprint density at radius 3 is 2.32 bits per heavy atom. The number of rotatable bonds is 6. The molecular formula is C19H23N3O5S. The third-order valence-electron chi connectivity index (χ3n) is 4.52. The van der Waals surface area contributed by atoms with Crippen LogP contribution in [0.3, 0.4) is 0 Å². The molecule has 1 aromatic carbocycles. The zero-order chi connectivity index (χ0) is 20.1. The Kier molecular flexibility index (Phi) is 6.15. The highest BCUT2D eigenvalue weighted by atomic mass is 32.2. The number of hydrogen-bond donors (Lipinski definition) is 1. The second kappa shape index (κ2) is 8.57. The summed E-state index contributed by atoms with van der Waals surface area (Å²) in [6.07, 6.45) is 2.13. The molecule has 2 heterocycles. The van der Waals surface area contributed by atoms with Crippen LogP contribution in [0.1, 0.15) is 34.3 Å². The molecule has 0 unspecified atom stereocenters. The summed E-state index contributed by atoms with van der Waals surface area (Å²) in [5.74, 6) is -0.179. The highest BCUT2D eigenvalue weighted by Crippen LogP contribution is 2.16. The summed E-state index contributed by atoms with van der Waals surface area (Å²) >= 11 is 0. The number of nitrogens with zero attached hydrogens (tertiary/aromatic N) is 2. The van der Waals surface area contributed by atoms with Gasteiger partial charge >= 0.3 is 0 Å². The molecule has 1 aliphatic rings. The molecule has 0 aliphatic carbocycles. The predicted octanol–water partition coefficient (Wildman–Crippen LogP) is 1.57. The van der Waals surface area contributed by atoms with Crippen LogP contribution in [0.4, 0.5) is 0 Å². The molecule has 0 saturated carbocycles. The SMILES string of the molecule is CCCNS(=O)(=O)c1cccc(C(=O)N2CCN(C(=O)c3ccco3)CC2)c1. The van der Waals surface area contributed by atoms with Gasteiger partial charge in [-0.25, -0.2) is 13.1 Å². The van der Waals surface area contributed by atoms with Crippen LogP contribution in [-0.2, 0) is 10.0 Å². The summed E-state index contributed by atoms with van der Waals surface area (Å²) in [5.41, 5.74) is 0.310. The van der Waals surface area contributed by atoms with E-state index in [1.165, 1.54) is 18.4 Å². The lowest BCUT2D eigenvalue weighted by Gasteiger charge is -2.34. The Balaban J connectivity index is 1.65. The minimum Gasteiger partial charge on any atom is -0.459 e. The van der Waals surface area contributed by atoms with E-state index in [-0.39, 0.29) is 22.5 Å². The quantitative estimate of drug-likeness (QED) is 0.786. The highest BCUT2D eigenvalue weighted by molar-refractivity contribution is 7.89. The Morgan fingerprint density at radius 2 is 1.71 bits per heavy atom. The normalized spacial score (nSPS) is 14.9. The van der Waals surface area contributed by atoms with Crippen molar-refractivity contribution >= 4 is 21.8 Å². The fourth-order valence-corrected chi connectivity index (χ4v) is 4.15. The summed E-state index contributed by atoms with van der Waals surface area (Å²) < 4.78 is 32.2. The first-order valence-electron chi connectivity index (χ1n) is 9.14. The van der Waals surface area contributed by atoms with Crippen molar-refractivity contribution in [2.75, 3.05) is 32.7 Å². The van der Waals surface area contributed by atoms with E-state index in [1.807, 2.05) is 6.92 Å². The number of furan rings is 1. The molecule has 1 fully saturated rings. The van der Waals surface area contributed by atoms with Gasteiger partial charge in [-0.2, -0.15) is 0 Å². The minimum absolute atomic E-state index is 0.0680. The van der Waals surface area contributed by atoms with Crippen LogP contribution < -0.4 is 4.72 Å². The van der Waals surface area contributed by atoms with Crippen molar-refractivity contribution in [2.45, 2.75) is 18.2 Å². The van der Waals surface area contributed by atoms with Crippen molar-refractivity contribution in [1.29, 1.82) is 0 Å². The number of benzene rings is 1. The van der Waals surface area contributed by atoms with Gasteiger partial charge in [0, 0.05) is 38.3 Å². The lowest BCUT2D eigenvalue weighted by Crippen LogP contribution is -2.50. The van der Waals surface area contributed by atoms with Gasteiger partial charge in [0.25, 0.3) is 11.8 Å². The van der Waals surface area contributed by atoms with E-state index in [9.17, 15) is 18.0 Å². The Hall–Kier alpha value is -2.65. The molecule has 2 aromatic rings. The van der Waals surface area contributed by atoms with Crippen LogP contribution >= 0.6 is 0 Å². The van der Waals surface area contributed by atoms with Crippen LogP contribution in [-0.4, -0.2) is 62.8 Å². The fraction of sp³-hybridized carbons (Fsp3) is 0.368. The van der Waals surface area contributed by atoms with E-state index in [0.717, 1.165) is 0 Å². The number of carbonyl (C=O) groups is 2. The lowest BCUT2D eigenvalue weighted by atomic mass is 10.2. The van der Waals surface area contributed by atoms with Crippen LogP contribution in [0.25, 0.3) is 0 Å². The summed E-state index contributed by atoms with van der Waals surface area (Å²) in [7, 11) is -3.64. The molecule has 0 bridgehead atoms. The van der Waals surface area contributed by atoms with Crippen LogP contribution in [0.15, 0.2) is 52.0 Å². The van der Waals surface area contributed by atoms with Crippen LogP contribution in [0.2, 0.25) is 0 Å². The van der Waals surface area contributed by atoms with Gasteiger partial charge < -0.3 is 14.2 Å². The second-order valence-corrected chi connectivity index (χ2v) is 8.25. The smallest absolute Gasteiger partial charge is 0.289 e. The van der Waals surface area contributed by atoms with Gasteiger partial charge in [-0.3, -0.25) is 9.59 Å². The van der Waals surface area contributed by atoms with E-state index < -0.39 is 10.0 Å². The maximum atomic E-state index is 12.8. The number of sulfonamides is 1. The van der Waals surface area contributed by atoms with Gasteiger partial charge in [0.05, 0.1) is 11.2 Å². The molecule has 8 nitrogen and oxygen atoms in total. The Labute approximate surface area is 164 Å². The summed E-state index contributed by atoms with van der Waals surface area (Å²) in [5, 5.41) is 0. The third kappa shape index (κ3) is 4.42. The first-order chi connectivity index (χ1) is 13.4. The largest absolute Gasteiger partial charge is 0.459 e. The third-order valence-corrected chi connectivity index (χ3v) is 5.98. The molecule has 0 spiro atoms. The maximum absolute atomic E-state index is 12.8. The van der Waals surface area contributed by atoms with Crippen LogP contribution in [0, 0.1) is 0 Å². The van der Waals surface area contributed by atoms with E-state index in [4.69, 9.17) is 4.42 Å². The fourth-order valence-electron chi connectivity index (χ4n) is 2.97. The maximum Gasteiger partial charge on any atom is 0.289 e. The summed E-state index contributed by atoms with van der Waals surface area (Å²) in [6.45, 7) is 3.74. The number of hydrogen-bond acceptors (Lipinski definition) is 5. The van der Waals surface area contributed by atoms with Gasteiger partial charge in [0.1, 0.15) is 0 Å². The van der Waals surface area contributed by atoms with E-state index >= 15 is 0 Å². The van der Waals surface area contributed by atoms with Crippen molar-refractivity contribution in [3.63, 3.8) is 0 Å². The first kappa shape index (κ1) is 20.1. The number of amides is 2. The average molecular weight is 405 g/mol. The molecule has 9 heteroatoms. The molecule has 0 radical (unpaired) electrons. The van der Waals surface area contributed by atoms with Crippen molar-refractivity contribution < 1.29 is 22.4 Å². The molecule has 3 rings (SSSR count). The van der Waals surface area contributed by atoms with E-state index in [2.05, 4.69) is 4.72 Å². The van der Waals surface area contributed by atoms with Gasteiger partial charge in [-0.1, -0.05) is 13.0 Å². The lowest BCUT2D eigenvalue weighted by molar-refractivity contribution is 0.0518. The second-order valence-electron chi connectivity index (χ2n) is 6.49. The van der Waals surface area contributed by atoms with Crippen molar-refractivity contribution in [3.05, 3.63) is 54.0 Å². The van der Waals surface area contributed by atoms with Gasteiger partial charge in [0.2, 0.25) is 10.0 Å². The molecule has 150 valence electrons. The molecule has 28 heavy (non-hydrogen) atoms. The first-order valence-corrected chi connectivity index (χ1v) is 10.6. The van der Waals surface area contributed by atoms with Gasteiger partial charge in [-0.05, 0) is 36.8 Å².